The number of aromatic nitrogens is 2. The van der Waals surface area contributed by atoms with E-state index in [4.69, 9.17) is 5.11 Å². The largest absolute Gasteiger partial charge is 0.481 e. The number of carboxylic acids is 1. The second-order valence-electron chi connectivity index (χ2n) is 6.05. The first-order valence-electron chi connectivity index (χ1n) is 8.07. The average Bonchev–Trinajstić information content (AvgIpc) is 2.95. The molecule has 1 aliphatic heterocycles. The van der Waals surface area contributed by atoms with Crippen molar-refractivity contribution in [3.63, 3.8) is 0 Å². The van der Waals surface area contributed by atoms with Gasteiger partial charge in [0.15, 0.2) is 0 Å². The molecule has 1 aromatic carbocycles. The Morgan fingerprint density at radius 2 is 2.09 bits per heavy atom. The van der Waals surface area contributed by atoms with Crippen LogP contribution < -0.4 is 0 Å². The molecule has 0 saturated carbocycles. The molecule has 1 N–H and O–H groups in total. The molecule has 3 rings (SSSR count). The molecule has 2 heterocycles. The Morgan fingerprint density at radius 3 is 2.87 bits per heavy atom. The van der Waals surface area contributed by atoms with E-state index in [2.05, 4.69) is 5.10 Å². The van der Waals surface area contributed by atoms with Gasteiger partial charge in [-0.2, -0.15) is 5.10 Å². The molecule has 23 heavy (non-hydrogen) atoms. The lowest BCUT2D eigenvalue weighted by Gasteiger charge is -2.35. The summed E-state index contributed by atoms with van der Waals surface area (Å²) in [7, 11) is 0. The fraction of sp³-hybridized carbons (Fsp3) is 0.471. The van der Waals surface area contributed by atoms with E-state index < -0.39 is 5.97 Å². The molecule has 6 heteroatoms. The zero-order chi connectivity index (χ0) is 16.2. The molecular formula is C17H21N3O3. The molecule has 122 valence electrons. The van der Waals surface area contributed by atoms with Crippen molar-refractivity contribution in [2.75, 3.05) is 6.54 Å². The lowest BCUT2D eigenvalue weighted by molar-refractivity contribution is -0.140. The third-order valence-corrected chi connectivity index (χ3v) is 4.40. The Kier molecular flexibility index (Phi) is 4.60. The standard InChI is InChI=1S/C17H21N3O3/c21-16(12-19-11-13-5-1-2-7-15(13)18-19)20-10-4-3-6-14(20)8-9-17(22)23/h1-2,5,7,11,14H,3-4,6,8-10,12H2,(H,22,23). The predicted octanol–water partition coefficient (Wildman–Crippen LogP) is 2.28. The van der Waals surface area contributed by atoms with Gasteiger partial charge in [-0.1, -0.05) is 18.2 Å². The number of fused-ring (bicyclic) bond motifs is 1. The summed E-state index contributed by atoms with van der Waals surface area (Å²) in [5.41, 5.74) is 0.876. The van der Waals surface area contributed by atoms with Gasteiger partial charge in [-0.05, 0) is 31.7 Å². The number of carboxylic acid groups (broad SMARTS) is 1. The van der Waals surface area contributed by atoms with Crippen molar-refractivity contribution in [2.24, 2.45) is 0 Å². The number of carbonyl (C=O) groups is 2. The third kappa shape index (κ3) is 3.70. The summed E-state index contributed by atoms with van der Waals surface area (Å²) in [6.07, 6.45) is 5.45. The molecule has 1 amide bonds. The second-order valence-corrected chi connectivity index (χ2v) is 6.05. The molecular weight excluding hydrogens is 294 g/mol. The van der Waals surface area contributed by atoms with E-state index in [9.17, 15) is 9.59 Å². The lowest BCUT2D eigenvalue weighted by atomic mass is 9.98. The Labute approximate surface area is 134 Å². The van der Waals surface area contributed by atoms with E-state index in [-0.39, 0.29) is 24.9 Å². The van der Waals surface area contributed by atoms with Crippen molar-refractivity contribution >= 4 is 22.8 Å². The van der Waals surface area contributed by atoms with E-state index in [1.165, 1.54) is 0 Å². The fourth-order valence-electron chi connectivity index (χ4n) is 3.25. The molecule has 1 fully saturated rings. The Bertz CT molecular complexity index is 677. The molecule has 1 aliphatic rings. The SMILES string of the molecule is O=C(O)CCC1CCCCN1C(=O)Cn1cc2ccccc2n1. The number of hydrogen-bond acceptors (Lipinski definition) is 3. The number of aliphatic carboxylic acids is 1. The average molecular weight is 315 g/mol. The number of hydrogen-bond donors (Lipinski definition) is 1. The Hall–Kier alpha value is -2.37. The summed E-state index contributed by atoms with van der Waals surface area (Å²) in [6.45, 7) is 0.919. The first kappa shape index (κ1) is 15.5. The van der Waals surface area contributed by atoms with Gasteiger partial charge in [-0.15, -0.1) is 0 Å². The van der Waals surface area contributed by atoms with Crippen LogP contribution >= 0.6 is 0 Å². The lowest BCUT2D eigenvalue weighted by Crippen LogP contribution is -2.45. The summed E-state index contributed by atoms with van der Waals surface area (Å²) in [4.78, 5) is 25.3. The number of nitrogens with zero attached hydrogens (tertiary/aromatic N) is 3. The van der Waals surface area contributed by atoms with Gasteiger partial charge in [-0.25, -0.2) is 0 Å². The van der Waals surface area contributed by atoms with Crippen molar-refractivity contribution < 1.29 is 14.7 Å². The smallest absolute Gasteiger partial charge is 0.303 e. The first-order valence-corrected chi connectivity index (χ1v) is 8.07. The van der Waals surface area contributed by atoms with Crippen LogP contribution in [-0.2, 0) is 16.1 Å². The van der Waals surface area contributed by atoms with Crippen LogP contribution in [0.15, 0.2) is 30.5 Å². The van der Waals surface area contributed by atoms with Crippen LogP contribution in [-0.4, -0.2) is 44.3 Å². The summed E-state index contributed by atoms with van der Waals surface area (Å²) >= 11 is 0. The molecule has 6 nitrogen and oxygen atoms in total. The van der Waals surface area contributed by atoms with Crippen LogP contribution in [0.4, 0.5) is 0 Å². The topological polar surface area (TPSA) is 75.4 Å². The van der Waals surface area contributed by atoms with E-state index in [0.29, 0.717) is 13.0 Å². The molecule has 0 spiro atoms. The van der Waals surface area contributed by atoms with E-state index >= 15 is 0 Å². The minimum atomic E-state index is -0.804. The van der Waals surface area contributed by atoms with Crippen LogP contribution in [0.3, 0.4) is 0 Å². The maximum absolute atomic E-state index is 12.6. The first-order chi connectivity index (χ1) is 11.1. The molecule has 1 saturated heterocycles. The minimum absolute atomic E-state index is 0.0212. The monoisotopic (exact) mass is 315 g/mol. The predicted molar refractivity (Wildman–Crippen MR) is 86.0 cm³/mol. The van der Waals surface area contributed by atoms with Gasteiger partial charge in [-0.3, -0.25) is 14.3 Å². The molecule has 1 unspecified atom stereocenters. The maximum Gasteiger partial charge on any atom is 0.303 e. The summed E-state index contributed by atoms with van der Waals surface area (Å²) in [5, 5.41) is 14.3. The van der Waals surface area contributed by atoms with Gasteiger partial charge < -0.3 is 10.0 Å². The highest BCUT2D eigenvalue weighted by Gasteiger charge is 2.27. The number of benzene rings is 1. The number of rotatable bonds is 5. The normalized spacial score (nSPS) is 18.3. The van der Waals surface area contributed by atoms with Crippen molar-refractivity contribution in [2.45, 2.75) is 44.7 Å². The Balaban J connectivity index is 1.68. The van der Waals surface area contributed by atoms with Gasteiger partial charge in [0.05, 0.1) is 5.52 Å². The number of amides is 1. The minimum Gasteiger partial charge on any atom is -0.481 e. The van der Waals surface area contributed by atoms with Crippen molar-refractivity contribution in [3.8, 4) is 0 Å². The van der Waals surface area contributed by atoms with Crippen LogP contribution in [0.2, 0.25) is 0 Å². The molecule has 1 atom stereocenters. The van der Waals surface area contributed by atoms with Crippen molar-refractivity contribution in [1.29, 1.82) is 0 Å². The van der Waals surface area contributed by atoms with Crippen LogP contribution in [0.5, 0.6) is 0 Å². The highest BCUT2D eigenvalue weighted by Crippen LogP contribution is 2.21. The van der Waals surface area contributed by atoms with Gasteiger partial charge in [0.1, 0.15) is 6.54 Å². The summed E-state index contributed by atoms with van der Waals surface area (Å²) in [5.74, 6) is -0.783. The number of piperidine rings is 1. The van der Waals surface area contributed by atoms with Gasteiger partial charge >= 0.3 is 5.97 Å². The maximum atomic E-state index is 12.6. The van der Waals surface area contributed by atoms with Crippen molar-refractivity contribution in [3.05, 3.63) is 30.5 Å². The van der Waals surface area contributed by atoms with Crippen LogP contribution in [0.25, 0.3) is 10.9 Å². The second kappa shape index (κ2) is 6.81. The van der Waals surface area contributed by atoms with Gasteiger partial charge in [0, 0.05) is 30.6 Å². The van der Waals surface area contributed by atoms with Crippen molar-refractivity contribution in [1.82, 2.24) is 14.7 Å². The molecule has 1 aromatic heterocycles. The van der Waals surface area contributed by atoms with E-state index in [1.807, 2.05) is 35.4 Å². The Morgan fingerprint density at radius 1 is 1.26 bits per heavy atom. The van der Waals surface area contributed by atoms with Gasteiger partial charge in [0.25, 0.3) is 0 Å². The summed E-state index contributed by atoms with van der Waals surface area (Å²) in [6, 6.07) is 7.81. The van der Waals surface area contributed by atoms with Crippen LogP contribution in [0, 0.1) is 0 Å². The van der Waals surface area contributed by atoms with Gasteiger partial charge in [0.2, 0.25) is 5.91 Å². The quantitative estimate of drug-likeness (QED) is 0.918. The fourth-order valence-corrected chi connectivity index (χ4v) is 3.25. The summed E-state index contributed by atoms with van der Waals surface area (Å²) < 4.78 is 1.68. The zero-order valence-electron chi connectivity index (χ0n) is 13.0. The molecule has 0 radical (unpaired) electrons. The zero-order valence-corrected chi connectivity index (χ0v) is 13.0. The van der Waals surface area contributed by atoms with Crippen LogP contribution in [0.1, 0.15) is 32.1 Å². The highest BCUT2D eigenvalue weighted by molar-refractivity contribution is 5.80. The van der Waals surface area contributed by atoms with E-state index in [1.54, 1.807) is 4.68 Å². The number of likely N-dealkylation sites (tertiary alicyclic amines) is 1. The number of carbonyl (C=O) groups excluding carboxylic acids is 1. The third-order valence-electron chi connectivity index (χ3n) is 4.40. The molecule has 0 bridgehead atoms. The molecule has 0 aliphatic carbocycles. The highest BCUT2D eigenvalue weighted by atomic mass is 16.4. The van der Waals surface area contributed by atoms with E-state index in [0.717, 1.165) is 30.2 Å². The molecule has 2 aromatic rings.